The van der Waals surface area contributed by atoms with Crippen LogP contribution in [0.3, 0.4) is 0 Å². The monoisotopic (exact) mass is 203 g/mol. The van der Waals surface area contributed by atoms with Crippen LogP contribution in [-0.4, -0.2) is 46.6 Å². The molecule has 0 aliphatic carbocycles. The maximum absolute atomic E-state index is 10.4. The Kier molecular flexibility index (Phi) is 5.37. The summed E-state index contributed by atoms with van der Waals surface area (Å²) in [6.45, 7) is 4.69. The molecule has 0 spiro atoms. The van der Waals surface area contributed by atoms with Crippen molar-refractivity contribution in [2.24, 2.45) is 0 Å². The molecular formula is C9H17NO4. The Morgan fingerprint density at radius 3 is 2.21 bits per heavy atom. The average Bonchev–Trinajstić information content (AvgIpc) is 2.20. The van der Waals surface area contributed by atoms with Crippen molar-refractivity contribution in [3.63, 3.8) is 0 Å². The SMILES string of the molecule is C=C(CNC(CC)(CO)CO)C(=O)O. The Hall–Kier alpha value is -0.910. The molecule has 14 heavy (non-hydrogen) atoms. The molecular weight excluding hydrogens is 186 g/mol. The van der Waals surface area contributed by atoms with E-state index in [0.29, 0.717) is 6.42 Å². The van der Waals surface area contributed by atoms with Gasteiger partial charge in [-0.25, -0.2) is 4.79 Å². The van der Waals surface area contributed by atoms with Gasteiger partial charge in [-0.3, -0.25) is 0 Å². The van der Waals surface area contributed by atoms with E-state index in [1.807, 2.05) is 0 Å². The summed E-state index contributed by atoms with van der Waals surface area (Å²) >= 11 is 0. The molecule has 0 aliphatic rings. The van der Waals surface area contributed by atoms with Crippen LogP contribution in [0.5, 0.6) is 0 Å². The summed E-state index contributed by atoms with van der Waals surface area (Å²) in [7, 11) is 0. The van der Waals surface area contributed by atoms with E-state index in [1.165, 1.54) is 0 Å². The van der Waals surface area contributed by atoms with Crippen molar-refractivity contribution in [1.29, 1.82) is 0 Å². The first-order chi connectivity index (χ1) is 6.51. The molecule has 0 radical (unpaired) electrons. The highest BCUT2D eigenvalue weighted by Gasteiger charge is 2.26. The molecule has 4 N–H and O–H groups in total. The molecule has 5 nitrogen and oxygen atoms in total. The number of carboxylic acids is 1. The van der Waals surface area contributed by atoms with E-state index in [-0.39, 0.29) is 25.3 Å². The van der Waals surface area contributed by atoms with E-state index < -0.39 is 11.5 Å². The summed E-state index contributed by atoms with van der Waals surface area (Å²) in [6, 6.07) is 0. The molecule has 0 atom stereocenters. The first-order valence-corrected chi connectivity index (χ1v) is 4.39. The van der Waals surface area contributed by atoms with Gasteiger partial charge in [-0.2, -0.15) is 0 Å². The molecule has 0 aromatic carbocycles. The van der Waals surface area contributed by atoms with Crippen LogP contribution in [0.2, 0.25) is 0 Å². The highest BCUT2D eigenvalue weighted by atomic mass is 16.4. The van der Waals surface area contributed by atoms with Crippen LogP contribution in [0.1, 0.15) is 13.3 Å². The summed E-state index contributed by atoms with van der Waals surface area (Å²) < 4.78 is 0. The molecule has 0 saturated heterocycles. The van der Waals surface area contributed by atoms with Gasteiger partial charge in [0.15, 0.2) is 0 Å². The molecule has 0 aromatic rings. The molecule has 0 bridgehead atoms. The van der Waals surface area contributed by atoms with Crippen LogP contribution in [-0.2, 0) is 4.79 Å². The molecule has 82 valence electrons. The van der Waals surface area contributed by atoms with Gasteiger partial charge in [-0.05, 0) is 6.42 Å². The highest BCUT2D eigenvalue weighted by Crippen LogP contribution is 2.08. The van der Waals surface area contributed by atoms with Crippen LogP contribution < -0.4 is 5.32 Å². The minimum Gasteiger partial charge on any atom is -0.478 e. The number of nitrogens with one attached hydrogen (secondary N) is 1. The first-order valence-electron chi connectivity index (χ1n) is 4.39. The molecule has 0 heterocycles. The van der Waals surface area contributed by atoms with Crippen LogP contribution in [0.15, 0.2) is 12.2 Å². The Morgan fingerprint density at radius 1 is 1.43 bits per heavy atom. The number of carboxylic acid groups (broad SMARTS) is 1. The lowest BCUT2D eigenvalue weighted by Crippen LogP contribution is -2.52. The smallest absolute Gasteiger partial charge is 0.332 e. The number of carbonyl (C=O) groups is 1. The molecule has 0 amide bonds. The van der Waals surface area contributed by atoms with Crippen LogP contribution in [0.25, 0.3) is 0 Å². The van der Waals surface area contributed by atoms with Crippen molar-refractivity contribution in [3.05, 3.63) is 12.2 Å². The third-order valence-corrected chi connectivity index (χ3v) is 2.26. The second kappa shape index (κ2) is 5.74. The van der Waals surface area contributed by atoms with Crippen LogP contribution >= 0.6 is 0 Å². The Bertz CT molecular complexity index is 203. The lowest BCUT2D eigenvalue weighted by molar-refractivity contribution is -0.132. The molecule has 0 aromatic heterocycles. The van der Waals surface area contributed by atoms with Gasteiger partial charge < -0.3 is 20.6 Å². The number of hydrogen-bond acceptors (Lipinski definition) is 4. The maximum atomic E-state index is 10.4. The molecule has 0 rings (SSSR count). The second-order valence-corrected chi connectivity index (χ2v) is 3.21. The number of aliphatic carboxylic acids is 1. The van der Waals surface area contributed by atoms with Gasteiger partial charge in [0.1, 0.15) is 0 Å². The minimum atomic E-state index is -1.08. The molecule has 5 heteroatoms. The predicted octanol–water partition coefficient (Wildman–Crippen LogP) is -0.650. The first kappa shape index (κ1) is 13.1. The van der Waals surface area contributed by atoms with Crippen molar-refractivity contribution >= 4 is 5.97 Å². The van der Waals surface area contributed by atoms with E-state index in [4.69, 9.17) is 15.3 Å². The van der Waals surface area contributed by atoms with Crippen molar-refractivity contribution in [1.82, 2.24) is 5.32 Å². The normalized spacial score (nSPS) is 11.4. The quantitative estimate of drug-likeness (QED) is 0.413. The standard InChI is InChI=1S/C9H17NO4/c1-3-9(5-11,6-12)10-4-7(2)8(13)14/h10-12H,2-6H2,1H3,(H,13,14). The fraction of sp³-hybridized carbons (Fsp3) is 0.667. The lowest BCUT2D eigenvalue weighted by atomic mass is 9.98. The van der Waals surface area contributed by atoms with Gasteiger partial charge in [-0.1, -0.05) is 13.5 Å². The van der Waals surface area contributed by atoms with Crippen LogP contribution in [0.4, 0.5) is 0 Å². The number of aliphatic hydroxyl groups excluding tert-OH is 2. The van der Waals surface area contributed by atoms with Crippen LogP contribution in [0, 0.1) is 0 Å². The van der Waals surface area contributed by atoms with Crippen molar-refractivity contribution in [2.45, 2.75) is 18.9 Å². The van der Waals surface area contributed by atoms with E-state index in [1.54, 1.807) is 6.92 Å². The largest absolute Gasteiger partial charge is 0.478 e. The van der Waals surface area contributed by atoms with Gasteiger partial charge in [0.05, 0.1) is 18.8 Å². The third-order valence-electron chi connectivity index (χ3n) is 2.26. The molecule has 0 aliphatic heterocycles. The number of hydrogen-bond donors (Lipinski definition) is 4. The molecule has 0 saturated carbocycles. The van der Waals surface area contributed by atoms with E-state index in [0.717, 1.165) is 0 Å². The predicted molar refractivity (Wildman–Crippen MR) is 52.0 cm³/mol. The summed E-state index contributed by atoms with van der Waals surface area (Å²) in [4.78, 5) is 10.4. The summed E-state index contributed by atoms with van der Waals surface area (Å²) in [5, 5.41) is 29.4. The van der Waals surface area contributed by atoms with Crippen molar-refractivity contribution < 1.29 is 20.1 Å². The zero-order valence-electron chi connectivity index (χ0n) is 8.29. The van der Waals surface area contributed by atoms with E-state index >= 15 is 0 Å². The average molecular weight is 203 g/mol. The minimum absolute atomic E-state index is 0.00438. The van der Waals surface area contributed by atoms with Gasteiger partial charge >= 0.3 is 5.97 Å². The lowest BCUT2D eigenvalue weighted by Gasteiger charge is -2.29. The van der Waals surface area contributed by atoms with Gasteiger partial charge in [-0.15, -0.1) is 0 Å². The second-order valence-electron chi connectivity index (χ2n) is 3.21. The molecule has 0 unspecified atom stereocenters. The van der Waals surface area contributed by atoms with Gasteiger partial charge in [0, 0.05) is 12.1 Å². The summed E-state index contributed by atoms with van der Waals surface area (Å²) in [5.41, 5.74) is -0.817. The third kappa shape index (κ3) is 3.45. The topological polar surface area (TPSA) is 89.8 Å². The van der Waals surface area contributed by atoms with Gasteiger partial charge in [0.25, 0.3) is 0 Å². The van der Waals surface area contributed by atoms with Gasteiger partial charge in [0.2, 0.25) is 0 Å². The number of rotatable bonds is 7. The fourth-order valence-corrected chi connectivity index (χ4v) is 0.880. The van der Waals surface area contributed by atoms with Crippen molar-refractivity contribution in [2.75, 3.05) is 19.8 Å². The Balaban J connectivity index is 4.19. The molecule has 0 fully saturated rings. The zero-order valence-corrected chi connectivity index (χ0v) is 8.29. The Morgan fingerprint density at radius 2 is 1.93 bits per heavy atom. The van der Waals surface area contributed by atoms with Crippen molar-refractivity contribution in [3.8, 4) is 0 Å². The Labute approximate surface area is 83.1 Å². The summed E-state index contributed by atoms with van der Waals surface area (Å²) in [6.07, 6.45) is 0.507. The number of aliphatic hydroxyl groups is 2. The summed E-state index contributed by atoms with van der Waals surface area (Å²) in [5.74, 6) is -1.08. The highest BCUT2D eigenvalue weighted by molar-refractivity contribution is 5.86. The van der Waals surface area contributed by atoms with E-state index in [2.05, 4.69) is 11.9 Å². The zero-order chi connectivity index (χ0) is 11.2. The maximum Gasteiger partial charge on any atom is 0.332 e. The fourth-order valence-electron chi connectivity index (χ4n) is 0.880. The van der Waals surface area contributed by atoms with E-state index in [9.17, 15) is 4.79 Å².